The van der Waals surface area contributed by atoms with Crippen LogP contribution >= 0.6 is 11.8 Å². The Labute approximate surface area is 120 Å². The molecule has 0 aliphatic heterocycles. The van der Waals surface area contributed by atoms with Crippen LogP contribution in [-0.4, -0.2) is 27.0 Å². The molecule has 0 spiro atoms. The number of aromatic nitrogens is 3. The first-order valence-corrected chi connectivity index (χ1v) is 7.34. The Morgan fingerprint density at radius 2 is 2.05 bits per heavy atom. The van der Waals surface area contributed by atoms with E-state index in [2.05, 4.69) is 21.9 Å². The molecule has 0 fully saturated rings. The highest BCUT2D eigenvalue weighted by Crippen LogP contribution is 2.28. The molecule has 0 saturated heterocycles. The summed E-state index contributed by atoms with van der Waals surface area (Å²) in [7, 11) is 0. The first kappa shape index (κ1) is 12.9. The summed E-state index contributed by atoms with van der Waals surface area (Å²) in [4.78, 5) is 23.4. The average Bonchev–Trinajstić information content (AvgIpc) is 2.91. The Balaban J connectivity index is 2.25. The monoisotopic (exact) mass is 283 g/mol. The average molecular weight is 283 g/mol. The van der Waals surface area contributed by atoms with Crippen molar-refractivity contribution in [2.45, 2.75) is 11.9 Å². The van der Waals surface area contributed by atoms with E-state index < -0.39 is 0 Å². The summed E-state index contributed by atoms with van der Waals surface area (Å²) in [5.41, 5.74) is 3.03. The predicted octanol–water partition coefficient (Wildman–Crippen LogP) is 3.55. The summed E-state index contributed by atoms with van der Waals surface area (Å²) in [5, 5.41) is 0.879. The number of thioether (sulfide) groups is 1. The third-order valence-corrected chi connectivity index (χ3v) is 3.82. The lowest BCUT2D eigenvalue weighted by molar-refractivity contribution is 0.112. The van der Waals surface area contributed by atoms with Crippen LogP contribution in [0.15, 0.2) is 41.6 Å². The molecule has 0 radical (unpaired) electrons. The number of rotatable bonds is 4. The van der Waals surface area contributed by atoms with Crippen LogP contribution in [0.25, 0.3) is 22.4 Å². The van der Waals surface area contributed by atoms with Crippen molar-refractivity contribution in [3.05, 3.63) is 42.1 Å². The molecule has 0 bridgehead atoms. The summed E-state index contributed by atoms with van der Waals surface area (Å²) in [6.07, 6.45) is 2.50. The van der Waals surface area contributed by atoms with E-state index in [9.17, 15) is 4.79 Å². The van der Waals surface area contributed by atoms with Gasteiger partial charge in [-0.2, -0.15) is 0 Å². The molecule has 5 heteroatoms. The Morgan fingerprint density at radius 3 is 2.75 bits per heavy atom. The number of aldehydes is 1. The molecule has 0 amide bonds. The summed E-state index contributed by atoms with van der Waals surface area (Å²) >= 11 is 1.64. The smallest absolute Gasteiger partial charge is 0.161 e. The van der Waals surface area contributed by atoms with E-state index in [0.717, 1.165) is 28.1 Å². The molecular formula is C15H13N3OS. The van der Waals surface area contributed by atoms with Gasteiger partial charge >= 0.3 is 0 Å². The van der Waals surface area contributed by atoms with Gasteiger partial charge in [0.2, 0.25) is 0 Å². The fourth-order valence-corrected chi connectivity index (χ4v) is 2.77. The molecule has 2 heterocycles. The van der Waals surface area contributed by atoms with E-state index in [4.69, 9.17) is 0 Å². The SMILES string of the molecule is CCSc1nc(-c2ccccc2)nc2c(C=O)c[nH]c12. The van der Waals surface area contributed by atoms with Gasteiger partial charge in [0.15, 0.2) is 12.1 Å². The minimum absolute atomic E-state index is 0.567. The van der Waals surface area contributed by atoms with Crippen molar-refractivity contribution in [3.8, 4) is 11.4 Å². The second-order valence-electron chi connectivity index (χ2n) is 4.24. The number of benzene rings is 1. The van der Waals surface area contributed by atoms with Crippen LogP contribution in [0.1, 0.15) is 17.3 Å². The number of carbonyl (C=O) groups is 1. The van der Waals surface area contributed by atoms with Crippen molar-refractivity contribution in [1.82, 2.24) is 15.0 Å². The number of aromatic amines is 1. The Morgan fingerprint density at radius 1 is 1.25 bits per heavy atom. The standard InChI is InChI=1S/C15H13N3OS/c1-2-20-15-13-12(11(9-19)8-16-13)17-14(18-15)10-6-4-3-5-7-10/h3-9,16H,2H2,1H3. The zero-order valence-corrected chi connectivity index (χ0v) is 11.8. The molecule has 0 atom stereocenters. The van der Waals surface area contributed by atoms with E-state index in [1.165, 1.54) is 0 Å². The van der Waals surface area contributed by atoms with E-state index in [1.54, 1.807) is 18.0 Å². The number of carbonyl (C=O) groups excluding carboxylic acids is 1. The third-order valence-electron chi connectivity index (χ3n) is 2.96. The fraction of sp³-hybridized carbons (Fsp3) is 0.133. The number of nitrogens with one attached hydrogen (secondary N) is 1. The van der Waals surface area contributed by atoms with E-state index in [0.29, 0.717) is 16.9 Å². The van der Waals surface area contributed by atoms with Crippen molar-refractivity contribution in [1.29, 1.82) is 0 Å². The molecule has 0 saturated carbocycles. The minimum Gasteiger partial charge on any atom is -0.357 e. The number of hydrogen-bond donors (Lipinski definition) is 1. The molecule has 3 rings (SSSR count). The Hall–Kier alpha value is -2.14. The zero-order chi connectivity index (χ0) is 13.9. The van der Waals surface area contributed by atoms with Crippen LogP contribution in [0.4, 0.5) is 0 Å². The van der Waals surface area contributed by atoms with Gasteiger partial charge in [-0.3, -0.25) is 4.79 Å². The highest BCUT2D eigenvalue weighted by atomic mass is 32.2. The van der Waals surface area contributed by atoms with Crippen LogP contribution in [0.5, 0.6) is 0 Å². The molecule has 1 aromatic carbocycles. The van der Waals surface area contributed by atoms with Crippen LogP contribution in [0.3, 0.4) is 0 Å². The number of hydrogen-bond acceptors (Lipinski definition) is 4. The molecule has 0 aliphatic carbocycles. The Kier molecular flexibility index (Phi) is 3.52. The number of H-pyrrole nitrogens is 1. The quantitative estimate of drug-likeness (QED) is 0.452. The second-order valence-corrected chi connectivity index (χ2v) is 5.49. The van der Waals surface area contributed by atoms with Gasteiger partial charge in [0.1, 0.15) is 10.5 Å². The zero-order valence-electron chi connectivity index (χ0n) is 11.0. The lowest BCUT2D eigenvalue weighted by Gasteiger charge is -2.05. The maximum atomic E-state index is 11.1. The lowest BCUT2D eigenvalue weighted by Crippen LogP contribution is -1.94. The predicted molar refractivity (Wildman–Crippen MR) is 81.1 cm³/mol. The normalized spacial score (nSPS) is 10.8. The first-order chi connectivity index (χ1) is 9.83. The summed E-state index contributed by atoms with van der Waals surface area (Å²) < 4.78 is 0. The molecule has 4 nitrogen and oxygen atoms in total. The fourth-order valence-electron chi connectivity index (χ4n) is 2.04. The molecule has 3 aromatic rings. The maximum Gasteiger partial charge on any atom is 0.161 e. The van der Waals surface area contributed by atoms with Crippen molar-refractivity contribution in [2.24, 2.45) is 0 Å². The largest absolute Gasteiger partial charge is 0.357 e. The molecular weight excluding hydrogens is 270 g/mol. The number of fused-ring (bicyclic) bond motifs is 1. The summed E-state index contributed by atoms with van der Waals surface area (Å²) in [6.45, 7) is 2.07. The first-order valence-electron chi connectivity index (χ1n) is 6.36. The molecule has 0 unspecified atom stereocenters. The van der Waals surface area contributed by atoms with Gasteiger partial charge in [-0.05, 0) is 5.75 Å². The molecule has 20 heavy (non-hydrogen) atoms. The highest BCUT2D eigenvalue weighted by Gasteiger charge is 2.13. The van der Waals surface area contributed by atoms with Crippen molar-refractivity contribution in [2.75, 3.05) is 5.75 Å². The second kappa shape index (κ2) is 5.46. The van der Waals surface area contributed by atoms with Crippen LogP contribution < -0.4 is 0 Å². The molecule has 1 N–H and O–H groups in total. The van der Waals surface area contributed by atoms with Crippen molar-refractivity contribution < 1.29 is 4.79 Å². The number of nitrogens with zero attached hydrogens (tertiary/aromatic N) is 2. The van der Waals surface area contributed by atoms with E-state index in [1.807, 2.05) is 30.3 Å². The molecule has 0 aliphatic rings. The van der Waals surface area contributed by atoms with Gasteiger partial charge in [0.05, 0.1) is 11.1 Å². The highest BCUT2D eigenvalue weighted by molar-refractivity contribution is 7.99. The topological polar surface area (TPSA) is 58.6 Å². The van der Waals surface area contributed by atoms with Crippen LogP contribution in [-0.2, 0) is 0 Å². The maximum absolute atomic E-state index is 11.1. The van der Waals surface area contributed by atoms with Gasteiger partial charge in [0, 0.05) is 11.8 Å². The minimum atomic E-state index is 0.567. The van der Waals surface area contributed by atoms with Gasteiger partial charge in [-0.25, -0.2) is 9.97 Å². The van der Waals surface area contributed by atoms with Crippen LogP contribution in [0, 0.1) is 0 Å². The third kappa shape index (κ3) is 2.20. The molecule has 2 aromatic heterocycles. The Bertz CT molecular complexity index is 752. The van der Waals surface area contributed by atoms with E-state index >= 15 is 0 Å². The summed E-state index contributed by atoms with van der Waals surface area (Å²) in [5.74, 6) is 1.56. The van der Waals surface area contributed by atoms with Crippen LogP contribution in [0.2, 0.25) is 0 Å². The van der Waals surface area contributed by atoms with Gasteiger partial charge in [0.25, 0.3) is 0 Å². The van der Waals surface area contributed by atoms with Crippen molar-refractivity contribution >= 4 is 29.1 Å². The summed E-state index contributed by atoms with van der Waals surface area (Å²) in [6, 6.07) is 9.79. The molecule has 100 valence electrons. The van der Waals surface area contributed by atoms with Gasteiger partial charge in [-0.15, -0.1) is 11.8 Å². The van der Waals surface area contributed by atoms with Gasteiger partial charge < -0.3 is 4.98 Å². The van der Waals surface area contributed by atoms with Crippen molar-refractivity contribution in [3.63, 3.8) is 0 Å². The lowest BCUT2D eigenvalue weighted by atomic mass is 10.2. The van der Waals surface area contributed by atoms with Gasteiger partial charge in [-0.1, -0.05) is 37.3 Å². The van der Waals surface area contributed by atoms with E-state index in [-0.39, 0.29) is 0 Å².